The number of nitrogens with zero attached hydrogens (tertiary/aromatic N) is 5. The summed E-state index contributed by atoms with van der Waals surface area (Å²) < 4.78 is 22.3. The van der Waals surface area contributed by atoms with Crippen molar-refractivity contribution >= 4 is 58.5 Å². The topological polar surface area (TPSA) is 168 Å². The standard InChI is InChI=1S/C28H35N3O5.C24H31N3O4.C4H5ClO/c1-28(2,3)36-26(33)29-16-17-30(27(34)35-20-21-10-6-4-7-11-21)24(18-29)19-31(25(32)22-14-15-22)23-12-8-5-9-13-23;1-24(2,3)31-22(28)26-14-15-27(23(29)30-18-19-10-6-4-7-11-19)21(17-26)16-25-20-12-8-5-9-13-20;5-4(6)3-1-2-3/h4-13,22,24H,14-20H2,1-3H3;4-13,21,25H,14-18H2,1-3H3;3H,1-2H2. The number of hydrogen-bond acceptors (Lipinski definition) is 11. The summed E-state index contributed by atoms with van der Waals surface area (Å²) in [4.78, 5) is 83.0. The molecule has 2 saturated carbocycles. The fourth-order valence-electron chi connectivity index (χ4n) is 7.91. The van der Waals surface area contributed by atoms with E-state index in [1.807, 2.05) is 163 Å². The number of para-hydroxylation sites is 2. The van der Waals surface area contributed by atoms with Crippen LogP contribution in [-0.2, 0) is 41.8 Å². The highest BCUT2D eigenvalue weighted by Gasteiger charge is 2.41. The van der Waals surface area contributed by atoms with E-state index in [2.05, 4.69) is 5.32 Å². The van der Waals surface area contributed by atoms with Gasteiger partial charge in [0.25, 0.3) is 0 Å². The van der Waals surface area contributed by atoms with Crippen molar-refractivity contribution in [2.45, 2.75) is 104 Å². The molecule has 2 aliphatic carbocycles. The largest absolute Gasteiger partial charge is 0.445 e. The lowest BCUT2D eigenvalue weighted by molar-refractivity contribution is -0.120. The van der Waals surface area contributed by atoms with Gasteiger partial charge in [0.05, 0.1) is 12.1 Å². The Bertz CT molecular complexity index is 2410. The number of carbonyl (C=O) groups excluding carboxylic acids is 6. The predicted molar refractivity (Wildman–Crippen MR) is 280 cm³/mol. The summed E-state index contributed by atoms with van der Waals surface area (Å²) in [6, 6.07) is 37.6. The van der Waals surface area contributed by atoms with Gasteiger partial charge in [-0.3, -0.25) is 19.4 Å². The zero-order valence-electron chi connectivity index (χ0n) is 43.0. The lowest BCUT2D eigenvalue weighted by Gasteiger charge is -2.42. The van der Waals surface area contributed by atoms with Crippen molar-refractivity contribution in [1.82, 2.24) is 19.6 Å². The summed E-state index contributed by atoms with van der Waals surface area (Å²) in [6.07, 6.45) is 2.15. The summed E-state index contributed by atoms with van der Waals surface area (Å²) in [5.41, 5.74) is 2.36. The normalized spacial score (nSPS) is 17.6. The minimum Gasteiger partial charge on any atom is -0.445 e. The van der Waals surface area contributed by atoms with Crippen LogP contribution in [0.15, 0.2) is 121 Å². The number of ether oxygens (including phenoxy) is 4. The highest BCUT2D eigenvalue weighted by Crippen LogP contribution is 2.34. The second-order valence-corrected chi connectivity index (χ2v) is 20.9. The minimum atomic E-state index is -0.629. The second kappa shape index (κ2) is 26.2. The van der Waals surface area contributed by atoms with Crippen molar-refractivity contribution in [3.8, 4) is 0 Å². The average molecular weight is 1020 g/mol. The summed E-state index contributed by atoms with van der Waals surface area (Å²) in [5.74, 6) is 0.286. The number of carbonyl (C=O) groups is 6. The fraction of sp³-hybridized carbons (Fsp3) is 0.464. The number of hydrogen-bond donors (Lipinski definition) is 1. The van der Waals surface area contributed by atoms with Gasteiger partial charge < -0.3 is 39.0 Å². The molecule has 2 atom stereocenters. The SMILES string of the molecule is CC(C)(C)OC(=O)N1CCN(C(=O)OCc2ccccc2)C(CN(C(=O)C2CC2)c2ccccc2)C1.CC(C)(C)OC(=O)N1CCN(C(=O)OCc2ccccc2)C(CNc2ccccc2)C1.O=C(Cl)C1CC1. The molecule has 2 aliphatic heterocycles. The van der Waals surface area contributed by atoms with Crippen molar-refractivity contribution in [1.29, 1.82) is 0 Å². The van der Waals surface area contributed by atoms with Gasteiger partial charge in [0.15, 0.2) is 0 Å². The van der Waals surface area contributed by atoms with E-state index in [-0.39, 0.29) is 74.1 Å². The Hall–Kier alpha value is -6.81. The first kappa shape index (κ1) is 55.5. The van der Waals surface area contributed by atoms with Crippen LogP contribution in [0.1, 0.15) is 78.4 Å². The van der Waals surface area contributed by atoms with Crippen LogP contribution in [0.2, 0.25) is 0 Å². The lowest BCUT2D eigenvalue weighted by atomic mass is 10.1. The molecule has 0 radical (unpaired) electrons. The molecule has 392 valence electrons. The van der Waals surface area contributed by atoms with E-state index < -0.39 is 29.4 Å². The molecule has 2 saturated heterocycles. The van der Waals surface area contributed by atoms with E-state index in [9.17, 15) is 28.8 Å². The van der Waals surface area contributed by atoms with E-state index in [1.165, 1.54) is 0 Å². The highest BCUT2D eigenvalue weighted by atomic mass is 35.5. The molecular weight excluding hydrogens is 952 g/mol. The van der Waals surface area contributed by atoms with Crippen molar-refractivity contribution < 1.29 is 47.7 Å². The first-order valence-corrected chi connectivity index (χ1v) is 25.5. The van der Waals surface area contributed by atoms with Gasteiger partial charge in [-0.15, -0.1) is 0 Å². The van der Waals surface area contributed by atoms with Gasteiger partial charge >= 0.3 is 24.4 Å². The van der Waals surface area contributed by atoms with Gasteiger partial charge in [0.1, 0.15) is 24.4 Å². The molecule has 2 heterocycles. The Morgan fingerprint density at radius 3 is 1.37 bits per heavy atom. The predicted octanol–water partition coefficient (Wildman–Crippen LogP) is 10.2. The highest BCUT2D eigenvalue weighted by molar-refractivity contribution is 6.64. The molecule has 4 aliphatic rings. The molecule has 4 aromatic rings. The summed E-state index contributed by atoms with van der Waals surface area (Å²) in [7, 11) is 0. The third kappa shape index (κ3) is 18.6. The molecule has 8 rings (SSSR count). The minimum absolute atomic E-state index is 0.00855. The van der Waals surface area contributed by atoms with Crippen LogP contribution in [0.5, 0.6) is 0 Å². The van der Waals surface area contributed by atoms with Crippen molar-refractivity contribution in [2.75, 3.05) is 62.6 Å². The molecule has 0 bridgehead atoms. The molecule has 17 heteroatoms. The van der Waals surface area contributed by atoms with E-state index in [1.54, 1.807) is 24.5 Å². The van der Waals surface area contributed by atoms with Crippen LogP contribution in [0.25, 0.3) is 0 Å². The Morgan fingerprint density at radius 1 is 0.548 bits per heavy atom. The van der Waals surface area contributed by atoms with E-state index in [4.69, 9.17) is 30.5 Å². The van der Waals surface area contributed by atoms with E-state index in [0.717, 1.165) is 48.2 Å². The first-order valence-electron chi connectivity index (χ1n) is 25.1. The zero-order chi connectivity index (χ0) is 52.5. The number of benzene rings is 4. The third-order valence-electron chi connectivity index (χ3n) is 12.0. The summed E-state index contributed by atoms with van der Waals surface area (Å²) in [6.45, 7) is 14.1. The molecule has 0 spiro atoms. The van der Waals surface area contributed by atoms with Crippen molar-refractivity contribution in [2.24, 2.45) is 11.8 Å². The van der Waals surface area contributed by atoms with Crippen LogP contribution in [0.4, 0.5) is 30.6 Å². The Balaban J connectivity index is 0.000000215. The number of nitrogens with one attached hydrogen (secondary N) is 1. The Morgan fingerprint density at radius 2 is 0.959 bits per heavy atom. The van der Waals surface area contributed by atoms with Crippen LogP contribution >= 0.6 is 11.6 Å². The first-order chi connectivity index (χ1) is 34.8. The number of anilines is 2. The van der Waals surface area contributed by atoms with Crippen LogP contribution in [0.3, 0.4) is 0 Å². The van der Waals surface area contributed by atoms with E-state index >= 15 is 0 Å². The number of rotatable bonds is 12. The van der Waals surface area contributed by atoms with E-state index in [0.29, 0.717) is 32.7 Å². The maximum absolute atomic E-state index is 13.3. The zero-order valence-corrected chi connectivity index (χ0v) is 43.7. The summed E-state index contributed by atoms with van der Waals surface area (Å²) in [5, 5.41) is 3.20. The molecule has 2 unspecified atom stereocenters. The van der Waals surface area contributed by atoms with Gasteiger partial charge in [-0.05, 0) is 114 Å². The molecule has 1 N–H and O–H groups in total. The molecule has 0 aromatic heterocycles. The van der Waals surface area contributed by atoms with Crippen molar-refractivity contribution in [3.63, 3.8) is 0 Å². The molecule has 5 amide bonds. The fourth-order valence-corrected chi connectivity index (χ4v) is 8.12. The quantitative estimate of drug-likeness (QED) is 0.106. The van der Waals surface area contributed by atoms with Crippen LogP contribution < -0.4 is 10.2 Å². The average Bonchev–Trinajstić information content (AvgIpc) is 4.31. The van der Waals surface area contributed by atoms with Gasteiger partial charge in [-0.2, -0.15) is 0 Å². The van der Waals surface area contributed by atoms with Crippen LogP contribution in [-0.4, -0.2) is 131 Å². The third-order valence-corrected chi connectivity index (χ3v) is 12.3. The number of amides is 5. The smallest absolute Gasteiger partial charge is 0.410 e. The molecule has 4 aromatic carbocycles. The monoisotopic (exact) mass is 1020 g/mol. The van der Waals surface area contributed by atoms with Crippen molar-refractivity contribution in [3.05, 3.63) is 132 Å². The molecule has 4 fully saturated rings. The molecule has 16 nitrogen and oxygen atoms in total. The summed E-state index contributed by atoms with van der Waals surface area (Å²) >= 11 is 5.04. The van der Waals surface area contributed by atoms with Gasteiger partial charge in [0, 0.05) is 75.6 Å². The Kier molecular flexibility index (Phi) is 19.9. The number of piperazine rings is 2. The maximum Gasteiger partial charge on any atom is 0.410 e. The van der Waals surface area contributed by atoms with Gasteiger partial charge in [0.2, 0.25) is 11.1 Å². The number of halogens is 1. The van der Waals surface area contributed by atoms with Crippen LogP contribution in [0, 0.1) is 11.8 Å². The second-order valence-electron chi connectivity index (χ2n) is 20.5. The van der Waals surface area contributed by atoms with Gasteiger partial charge in [-0.1, -0.05) is 97.1 Å². The van der Waals surface area contributed by atoms with Gasteiger partial charge in [-0.25, -0.2) is 19.2 Å². The lowest BCUT2D eigenvalue weighted by Crippen LogP contribution is -2.61. The molecular formula is C56H71ClN6O10. The maximum atomic E-state index is 13.3. The molecule has 73 heavy (non-hydrogen) atoms. The Labute approximate surface area is 434 Å².